The maximum Gasteiger partial charge on any atom is 0.235 e. The summed E-state index contributed by atoms with van der Waals surface area (Å²) in [4.78, 5) is 42.3. The van der Waals surface area contributed by atoms with Gasteiger partial charge in [-0.05, 0) is 88.1 Å². The molecular weight excluding hydrogens is 604 g/mol. The zero-order valence-electron chi connectivity index (χ0n) is 28.6. The lowest BCUT2D eigenvalue weighted by Gasteiger charge is -2.44. The number of carbonyl (C=O) groups excluding carboxylic acids is 3. The molecule has 4 atom stereocenters. The summed E-state index contributed by atoms with van der Waals surface area (Å²) < 4.78 is 11.9. The third-order valence-corrected chi connectivity index (χ3v) is 9.16. The Morgan fingerprint density at radius 3 is 1.98 bits per heavy atom. The van der Waals surface area contributed by atoms with E-state index >= 15 is 0 Å². The predicted octanol–water partition coefficient (Wildman–Crippen LogP) is 7.13. The van der Waals surface area contributed by atoms with Crippen molar-refractivity contribution in [1.82, 2.24) is 0 Å². The first-order valence-electron chi connectivity index (χ1n) is 16.1. The predicted molar refractivity (Wildman–Crippen MR) is 188 cm³/mol. The Morgan fingerprint density at radius 2 is 1.40 bits per heavy atom. The summed E-state index contributed by atoms with van der Waals surface area (Å²) in [5.41, 5.74) is 5.77. The second-order valence-electron chi connectivity index (χ2n) is 13.3. The normalized spacial score (nSPS) is 20.6. The van der Waals surface area contributed by atoms with Gasteiger partial charge in [0, 0.05) is 23.7 Å². The van der Waals surface area contributed by atoms with Crippen molar-refractivity contribution in [1.29, 1.82) is 0 Å². The number of aryl methyl sites for hydroxylation is 5. The maximum atomic E-state index is 14.3. The van der Waals surface area contributed by atoms with E-state index in [1.165, 1.54) is 14.0 Å². The van der Waals surface area contributed by atoms with E-state index in [0.717, 1.165) is 33.4 Å². The number of Topliss-reactive ketones (excluding diaryl/α,β-unsaturated/α-hetero) is 1. The van der Waals surface area contributed by atoms with Crippen molar-refractivity contribution < 1.29 is 29.0 Å². The molecule has 4 unspecified atom stereocenters. The summed E-state index contributed by atoms with van der Waals surface area (Å²) in [6.07, 6.45) is -0.367. The third kappa shape index (κ3) is 7.44. The Hall–Kier alpha value is -4.95. The van der Waals surface area contributed by atoms with Crippen molar-refractivity contribution in [3.05, 3.63) is 118 Å². The quantitative estimate of drug-likeness (QED) is 0.166. The molecule has 250 valence electrons. The Labute approximate surface area is 282 Å². The minimum absolute atomic E-state index is 0.301. The fourth-order valence-electron chi connectivity index (χ4n) is 6.79. The number of rotatable bonds is 9. The van der Waals surface area contributed by atoms with Crippen LogP contribution in [0, 0.1) is 46.5 Å². The molecule has 4 aromatic carbocycles. The van der Waals surface area contributed by atoms with Crippen LogP contribution in [0.15, 0.2) is 78.9 Å². The van der Waals surface area contributed by atoms with Gasteiger partial charge in [-0.25, -0.2) is 0 Å². The summed E-state index contributed by atoms with van der Waals surface area (Å²) in [6, 6.07) is 24.4. The van der Waals surface area contributed by atoms with Crippen LogP contribution in [0.4, 0.5) is 11.4 Å². The highest BCUT2D eigenvalue weighted by atomic mass is 16.5. The molecule has 8 nitrogen and oxygen atoms in total. The summed E-state index contributed by atoms with van der Waals surface area (Å²) in [5, 5.41) is 17.7. The zero-order valence-corrected chi connectivity index (χ0v) is 28.6. The molecule has 2 amide bonds. The zero-order chi connectivity index (χ0) is 34.7. The van der Waals surface area contributed by atoms with E-state index in [4.69, 9.17) is 9.47 Å². The minimum atomic E-state index is -1.76. The monoisotopic (exact) mass is 648 g/mol. The Morgan fingerprint density at radius 1 is 0.792 bits per heavy atom. The Balaban J connectivity index is 1.57. The molecule has 4 aromatic rings. The molecule has 48 heavy (non-hydrogen) atoms. The van der Waals surface area contributed by atoms with E-state index in [1.807, 2.05) is 89.2 Å². The molecule has 0 aliphatic heterocycles. The number of anilines is 2. The van der Waals surface area contributed by atoms with Gasteiger partial charge >= 0.3 is 0 Å². The number of benzene rings is 4. The van der Waals surface area contributed by atoms with Crippen molar-refractivity contribution in [2.75, 3.05) is 17.7 Å². The lowest BCUT2D eigenvalue weighted by atomic mass is 9.61. The van der Waals surface area contributed by atoms with Crippen LogP contribution >= 0.6 is 0 Å². The average Bonchev–Trinajstić information content (AvgIpc) is 3.01. The fraction of sp³-hybridized carbons (Fsp3) is 0.325. The molecule has 3 N–H and O–H groups in total. The molecule has 1 saturated carbocycles. The van der Waals surface area contributed by atoms with Crippen molar-refractivity contribution >= 4 is 29.0 Å². The summed E-state index contributed by atoms with van der Waals surface area (Å²) >= 11 is 0. The van der Waals surface area contributed by atoms with Gasteiger partial charge in [0.2, 0.25) is 11.8 Å². The van der Waals surface area contributed by atoms with E-state index in [1.54, 1.807) is 24.3 Å². The smallest absolute Gasteiger partial charge is 0.235 e. The van der Waals surface area contributed by atoms with Gasteiger partial charge in [0.15, 0.2) is 11.5 Å². The van der Waals surface area contributed by atoms with Crippen molar-refractivity contribution in [2.24, 2.45) is 11.8 Å². The SMILES string of the molecule is COc1cc(C2C(C(=O)Nc3ccc(C)cc3C)C(=O)CC(C)(O)C2C(=O)Nc2ccc(C)cc2C)ccc1OCc1cccc(C)c1. The highest BCUT2D eigenvalue weighted by Crippen LogP contribution is 2.48. The average molecular weight is 649 g/mol. The highest BCUT2D eigenvalue weighted by molar-refractivity contribution is 6.10. The minimum Gasteiger partial charge on any atom is -0.493 e. The standard InChI is InChI=1S/C40H44N2O6/c1-23-9-8-10-28(19-23)22-48-33-16-13-29(20-34(33)47-7)35-36(38(44)41-30-14-11-24(2)17-26(30)4)32(43)21-40(6,46)37(35)39(45)42-31-15-12-25(3)18-27(31)5/h8-20,35-37,46H,21-22H2,1-7H3,(H,41,44)(H,42,45). The largest absolute Gasteiger partial charge is 0.493 e. The van der Waals surface area contributed by atoms with E-state index in [0.29, 0.717) is 35.0 Å². The molecule has 0 radical (unpaired) electrons. The van der Waals surface area contributed by atoms with Crippen LogP contribution in [0.3, 0.4) is 0 Å². The number of carbonyl (C=O) groups is 3. The number of hydrogen-bond acceptors (Lipinski definition) is 6. The van der Waals surface area contributed by atoms with Gasteiger partial charge < -0.3 is 25.2 Å². The lowest BCUT2D eigenvalue weighted by molar-refractivity contribution is -0.150. The molecule has 0 saturated heterocycles. The third-order valence-electron chi connectivity index (χ3n) is 9.16. The van der Waals surface area contributed by atoms with E-state index in [9.17, 15) is 19.5 Å². The van der Waals surface area contributed by atoms with E-state index in [-0.39, 0.29) is 6.42 Å². The van der Waals surface area contributed by atoms with Crippen LogP contribution in [0.2, 0.25) is 0 Å². The molecule has 5 rings (SSSR count). The fourth-order valence-corrected chi connectivity index (χ4v) is 6.79. The van der Waals surface area contributed by atoms with Crippen LogP contribution in [-0.2, 0) is 21.0 Å². The van der Waals surface area contributed by atoms with Gasteiger partial charge in [0.05, 0.1) is 18.6 Å². The van der Waals surface area contributed by atoms with Gasteiger partial charge in [-0.3, -0.25) is 14.4 Å². The summed E-state index contributed by atoms with van der Waals surface area (Å²) in [7, 11) is 1.51. The number of aliphatic hydroxyl groups is 1. The molecule has 1 fully saturated rings. The summed E-state index contributed by atoms with van der Waals surface area (Å²) in [6.45, 7) is 11.5. The van der Waals surface area contributed by atoms with Crippen molar-refractivity contribution in [2.45, 2.75) is 66.1 Å². The molecule has 0 aromatic heterocycles. The van der Waals surface area contributed by atoms with Gasteiger partial charge in [-0.1, -0.05) is 71.3 Å². The first-order valence-corrected chi connectivity index (χ1v) is 16.1. The molecule has 0 bridgehead atoms. The van der Waals surface area contributed by atoms with E-state index < -0.39 is 41.0 Å². The number of methoxy groups -OCH3 is 1. The first kappa shape index (κ1) is 34.4. The second-order valence-corrected chi connectivity index (χ2v) is 13.3. The van der Waals surface area contributed by atoms with Gasteiger partial charge in [0.1, 0.15) is 18.3 Å². The summed E-state index contributed by atoms with van der Waals surface area (Å²) in [5.74, 6) is -4.13. The van der Waals surface area contributed by atoms with Crippen LogP contribution in [-0.4, -0.2) is 35.4 Å². The molecule has 8 heteroatoms. The number of nitrogens with one attached hydrogen (secondary N) is 2. The first-order chi connectivity index (χ1) is 22.8. The number of ether oxygens (including phenoxy) is 2. The molecular formula is C40H44N2O6. The van der Waals surface area contributed by atoms with Crippen LogP contribution in [0.1, 0.15) is 58.2 Å². The molecule has 0 spiro atoms. The van der Waals surface area contributed by atoms with Gasteiger partial charge in [0.25, 0.3) is 0 Å². The highest BCUT2D eigenvalue weighted by Gasteiger charge is 2.56. The van der Waals surface area contributed by atoms with E-state index in [2.05, 4.69) is 10.6 Å². The van der Waals surface area contributed by atoms with Crippen LogP contribution in [0.5, 0.6) is 11.5 Å². The molecule has 0 heterocycles. The Kier molecular flexibility index (Phi) is 10.1. The van der Waals surface area contributed by atoms with Crippen LogP contribution < -0.4 is 20.1 Å². The topological polar surface area (TPSA) is 114 Å². The lowest BCUT2D eigenvalue weighted by Crippen LogP contribution is -2.56. The number of ketones is 1. The van der Waals surface area contributed by atoms with Crippen LogP contribution in [0.25, 0.3) is 0 Å². The Bertz CT molecular complexity index is 1860. The van der Waals surface area contributed by atoms with Crippen molar-refractivity contribution in [3.8, 4) is 11.5 Å². The van der Waals surface area contributed by atoms with Gasteiger partial charge in [-0.2, -0.15) is 0 Å². The van der Waals surface area contributed by atoms with Gasteiger partial charge in [-0.15, -0.1) is 0 Å². The number of hydrogen-bond donors (Lipinski definition) is 3. The van der Waals surface area contributed by atoms with Crippen molar-refractivity contribution in [3.63, 3.8) is 0 Å². The second kappa shape index (κ2) is 14.0. The maximum absolute atomic E-state index is 14.3. The molecule has 1 aliphatic rings. The molecule has 1 aliphatic carbocycles. The number of amides is 2.